The topological polar surface area (TPSA) is 75.7 Å². The summed E-state index contributed by atoms with van der Waals surface area (Å²) in [7, 11) is 0. The number of rotatable bonds is 4. The molecule has 2 aromatic rings. The van der Waals surface area contributed by atoms with E-state index >= 15 is 0 Å². The number of piperidine rings is 1. The van der Waals surface area contributed by atoms with Gasteiger partial charge in [0.1, 0.15) is 5.75 Å². The fourth-order valence-corrected chi connectivity index (χ4v) is 3.22. The van der Waals surface area contributed by atoms with Crippen molar-refractivity contribution in [1.29, 1.82) is 0 Å². The van der Waals surface area contributed by atoms with Gasteiger partial charge in [-0.05, 0) is 43.2 Å². The monoisotopic (exact) mass is 420 g/mol. The molecule has 1 fully saturated rings. The second-order valence-corrected chi connectivity index (χ2v) is 6.88. The standard InChI is InChI=1S/C21H19F3N2O4/c1-12(27)30-15-4-2-3-13(11-15)20(28)25-14-7-9-26(10-8-14)21(29)16-5-6-17(22)19(24)18(16)23/h2-6,11,14H,7-10H2,1H3,(H,25,28). The highest BCUT2D eigenvalue weighted by molar-refractivity contribution is 5.95. The second-order valence-electron chi connectivity index (χ2n) is 6.88. The first-order chi connectivity index (χ1) is 14.3. The summed E-state index contributed by atoms with van der Waals surface area (Å²) in [6, 6.07) is 7.56. The van der Waals surface area contributed by atoms with Crippen molar-refractivity contribution < 1.29 is 32.3 Å². The molecular formula is C21H19F3N2O4. The maximum atomic E-state index is 13.9. The van der Waals surface area contributed by atoms with Crippen LogP contribution in [0, 0.1) is 17.5 Å². The minimum atomic E-state index is -1.68. The second kappa shape index (κ2) is 8.98. The summed E-state index contributed by atoms with van der Waals surface area (Å²) in [5, 5.41) is 2.84. The van der Waals surface area contributed by atoms with Gasteiger partial charge >= 0.3 is 5.97 Å². The van der Waals surface area contributed by atoms with Crippen LogP contribution < -0.4 is 10.1 Å². The fraction of sp³-hybridized carbons (Fsp3) is 0.286. The summed E-state index contributed by atoms with van der Waals surface area (Å²) < 4.78 is 45.3. The van der Waals surface area contributed by atoms with Crippen LogP contribution in [0.4, 0.5) is 13.2 Å². The van der Waals surface area contributed by atoms with Gasteiger partial charge in [0.2, 0.25) is 0 Å². The molecule has 1 aliphatic rings. The molecule has 0 spiro atoms. The number of carbonyl (C=O) groups is 3. The molecule has 2 amide bonds. The van der Waals surface area contributed by atoms with Gasteiger partial charge in [-0.1, -0.05) is 6.07 Å². The predicted octanol–water partition coefficient (Wildman–Crippen LogP) is 3.06. The molecule has 0 unspecified atom stereocenters. The Kier molecular flexibility index (Phi) is 6.39. The molecule has 1 saturated heterocycles. The van der Waals surface area contributed by atoms with E-state index < -0.39 is 34.9 Å². The van der Waals surface area contributed by atoms with Gasteiger partial charge < -0.3 is 15.0 Å². The number of hydrogen-bond donors (Lipinski definition) is 1. The summed E-state index contributed by atoms with van der Waals surface area (Å²) in [6.45, 7) is 1.69. The lowest BCUT2D eigenvalue weighted by atomic mass is 10.0. The van der Waals surface area contributed by atoms with Crippen LogP contribution in [0.1, 0.15) is 40.5 Å². The number of nitrogens with one attached hydrogen (secondary N) is 1. The predicted molar refractivity (Wildman–Crippen MR) is 100 cm³/mol. The van der Waals surface area contributed by atoms with Gasteiger partial charge in [0.25, 0.3) is 11.8 Å². The van der Waals surface area contributed by atoms with Crippen molar-refractivity contribution in [2.24, 2.45) is 0 Å². The van der Waals surface area contributed by atoms with Crippen LogP contribution in [-0.2, 0) is 4.79 Å². The lowest BCUT2D eigenvalue weighted by Crippen LogP contribution is -2.46. The van der Waals surface area contributed by atoms with E-state index in [9.17, 15) is 27.6 Å². The van der Waals surface area contributed by atoms with Gasteiger partial charge in [-0.2, -0.15) is 0 Å². The molecule has 1 N–H and O–H groups in total. The molecule has 1 heterocycles. The Morgan fingerprint density at radius 2 is 1.73 bits per heavy atom. The van der Waals surface area contributed by atoms with Crippen LogP contribution in [-0.4, -0.2) is 41.8 Å². The molecule has 0 bridgehead atoms. The first kappa shape index (κ1) is 21.4. The molecule has 3 rings (SSSR count). The number of nitrogens with zero attached hydrogens (tertiary/aromatic N) is 1. The van der Waals surface area contributed by atoms with Gasteiger partial charge in [0, 0.05) is 31.6 Å². The molecule has 158 valence electrons. The van der Waals surface area contributed by atoms with E-state index in [1.165, 1.54) is 17.9 Å². The van der Waals surface area contributed by atoms with Crippen molar-refractivity contribution in [1.82, 2.24) is 10.2 Å². The largest absolute Gasteiger partial charge is 0.427 e. The zero-order chi connectivity index (χ0) is 21.8. The van der Waals surface area contributed by atoms with Crippen LogP contribution in [0.5, 0.6) is 5.75 Å². The van der Waals surface area contributed by atoms with Gasteiger partial charge in [0.15, 0.2) is 17.5 Å². The Balaban J connectivity index is 1.58. The van der Waals surface area contributed by atoms with E-state index in [1.54, 1.807) is 18.2 Å². The lowest BCUT2D eigenvalue weighted by molar-refractivity contribution is -0.131. The molecule has 0 aliphatic carbocycles. The Morgan fingerprint density at radius 1 is 1.03 bits per heavy atom. The molecule has 9 heteroatoms. The third kappa shape index (κ3) is 4.79. The van der Waals surface area contributed by atoms with E-state index in [1.807, 2.05) is 0 Å². The number of benzene rings is 2. The zero-order valence-electron chi connectivity index (χ0n) is 16.1. The summed E-state index contributed by atoms with van der Waals surface area (Å²) in [5.41, 5.74) is -0.213. The van der Waals surface area contributed by atoms with Crippen LogP contribution in [0.3, 0.4) is 0 Å². The van der Waals surface area contributed by atoms with Crippen molar-refractivity contribution in [2.75, 3.05) is 13.1 Å². The highest BCUT2D eigenvalue weighted by Crippen LogP contribution is 2.20. The van der Waals surface area contributed by atoms with E-state index in [0.717, 1.165) is 6.07 Å². The molecule has 0 saturated carbocycles. The Bertz CT molecular complexity index is 988. The quantitative estimate of drug-likeness (QED) is 0.469. The van der Waals surface area contributed by atoms with Crippen molar-refractivity contribution in [2.45, 2.75) is 25.8 Å². The molecule has 1 aliphatic heterocycles. The molecule has 0 radical (unpaired) electrons. The lowest BCUT2D eigenvalue weighted by Gasteiger charge is -2.32. The zero-order valence-corrected chi connectivity index (χ0v) is 16.1. The minimum Gasteiger partial charge on any atom is -0.427 e. The third-order valence-corrected chi connectivity index (χ3v) is 4.74. The number of carbonyl (C=O) groups excluding carboxylic acids is 3. The maximum Gasteiger partial charge on any atom is 0.308 e. The van der Waals surface area contributed by atoms with Crippen LogP contribution in [0.2, 0.25) is 0 Å². The maximum absolute atomic E-state index is 13.9. The molecule has 0 aromatic heterocycles. The number of esters is 1. The highest BCUT2D eigenvalue weighted by atomic mass is 19.2. The van der Waals surface area contributed by atoms with Crippen molar-refractivity contribution in [3.8, 4) is 5.75 Å². The van der Waals surface area contributed by atoms with E-state index in [2.05, 4.69) is 5.32 Å². The van der Waals surface area contributed by atoms with Gasteiger partial charge in [-0.25, -0.2) is 13.2 Å². The fourth-order valence-electron chi connectivity index (χ4n) is 3.22. The Labute approximate surface area is 170 Å². The van der Waals surface area contributed by atoms with Crippen molar-refractivity contribution >= 4 is 17.8 Å². The summed E-state index contributed by atoms with van der Waals surface area (Å²) >= 11 is 0. The van der Waals surface area contributed by atoms with E-state index in [-0.39, 0.29) is 30.8 Å². The highest BCUT2D eigenvalue weighted by Gasteiger charge is 2.28. The van der Waals surface area contributed by atoms with Gasteiger partial charge in [0.05, 0.1) is 5.56 Å². The van der Waals surface area contributed by atoms with Crippen LogP contribution >= 0.6 is 0 Å². The van der Waals surface area contributed by atoms with Crippen LogP contribution in [0.25, 0.3) is 0 Å². The normalized spacial score (nSPS) is 14.3. The van der Waals surface area contributed by atoms with Gasteiger partial charge in [-0.3, -0.25) is 14.4 Å². The number of hydrogen-bond acceptors (Lipinski definition) is 4. The first-order valence-electron chi connectivity index (χ1n) is 9.28. The number of likely N-dealkylation sites (tertiary alicyclic amines) is 1. The molecule has 30 heavy (non-hydrogen) atoms. The summed E-state index contributed by atoms with van der Waals surface area (Å²) in [5.74, 6) is -5.89. The Morgan fingerprint density at radius 3 is 2.40 bits per heavy atom. The number of amides is 2. The minimum absolute atomic E-state index is 0.218. The average molecular weight is 420 g/mol. The van der Waals surface area contributed by atoms with E-state index in [0.29, 0.717) is 24.5 Å². The Hall–Kier alpha value is -3.36. The summed E-state index contributed by atoms with van der Waals surface area (Å²) in [4.78, 5) is 37.2. The van der Waals surface area contributed by atoms with Gasteiger partial charge in [-0.15, -0.1) is 0 Å². The first-order valence-corrected chi connectivity index (χ1v) is 9.28. The van der Waals surface area contributed by atoms with Crippen molar-refractivity contribution in [3.63, 3.8) is 0 Å². The molecule has 2 aromatic carbocycles. The third-order valence-electron chi connectivity index (χ3n) is 4.74. The number of halogens is 3. The van der Waals surface area contributed by atoms with Crippen molar-refractivity contribution in [3.05, 3.63) is 65.0 Å². The number of ether oxygens (including phenoxy) is 1. The molecular weight excluding hydrogens is 401 g/mol. The molecule has 6 nitrogen and oxygen atoms in total. The SMILES string of the molecule is CC(=O)Oc1cccc(C(=O)NC2CCN(C(=O)c3ccc(F)c(F)c3F)CC2)c1. The van der Waals surface area contributed by atoms with E-state index in [4.69, 9.17) is 4.74 Å². The average Bonchev–Trinajstić information content (AvgIpc) is 2.72. The smallest absolute Gasteiger partial charge is 0.308 e. The summed E-state index contributed by atoms with van der Waals surface area (Å²) in [6.07, 6.45) is 0.818. The molecule has 0 atom stereocenters. The van der Waals surface area contributed by atoms with Crippen LogP contribution in [0.15, 0.2) is 36.4 Å².